The van der Waals surface area contributed by atoms with Crippen LogP contribution in [0.25, 0.3) is 5.69 Å². The molecule has 1 aromatic carbocycles. The van der Waals surface area contributed by atoms with E-state index < -0.39 is 0 Å². The topological polar surface area (TPSA) is 43.8 Å². The third-order valence-electron chi connectivity index (χ3n) is 2.57. The normalized spacial score (nSPS) is 11.8. The molecule has 0 saturated carbocycles. The average molecular weight is 247 g/mol. The number of nitrogen functional groups attached to an aromatic ring is 1. The van der Waals surface area contributed by atoms with Crippen LogP contribution in [0.15, 0.2) is 30.3 Å². The Morgan fingerprint density at radius 2 is 1.83 bits per heavy atom. The maximum Gasteiger partial charge on any atom is 0.127 e. The number of nitrogens with two attached hydrogens (primary N) is 1. The molecule has 4 heteroatoms. The zero-order valence-corrected chi connectivity index (χ0v) is 10.9. The number of hydrogen-bond acceptors (Lipinski definition) is 2. The summed E-state index contributed by atoms with van der Waals surface area (Å²) in [7, 11) is 0. The first-order valence-corrected chi connectivity index (χ1v) is 5.95. The van der Waals surface area contributed by atoms with Gasteiger partial charge in [0.1, 0.15) is 11.6 Å². The highest BCUT2D eigenvalue weighted by molar-refractivity contribution is 5.42. The van der Waals surface area contributed by atoms with Crippen LogP contribution in [-0.2, 0) is 6.42 Å². The summed E-state index contributed by atoms with van der Waals surface area (Å²) in [5.74, 6) is 0.306. The summed E-state index contributed by atoms with van der Waals surface area (Å²) in [5, 5.41) is 4.46. The lowest BCUT2D eigenvalue weighted by atomic mass is 9.91. The minimum absolute atomic E-state index is 0.161. The molecule has 0 atom stereocenters. The van der Waals surface area contributed by atoms with Crippen molar-refractivity contribution in [2.75, 3.05) is 5.73 Å². The van der Waals surface area contributed by atoms with Gasteiger partial charge in [-0.2, -0.15) is 5.10 Å². The van der Waals surface area contributed by atoms with Gasteiger partial charge in [0.25, 0.3) is 0 Å². The molecule has 0 spiro atoms. The highest BCUT2D eigenvalue weighted by atomic mass is 19.1. The second kappa shape index (κ2) is 4.44. The molecule has 2 N–H and O–H groups in total. The number of rotatable bonds is 2. The van der Waals surface area contributed by atoms with Crippen molar-refractivity contribution in [2.24, 2.45) is 5.41 Å². The summed E-state index contributed by atoms with van der Waals surface area (Å²) >= 11 is 0. The van der Waals surface area contributed by atoms with Gasteiger partial charge in [-0.05, 0) is 36.1 Å². The van der Waals surface area contributed by atoms with Gasteiger partial charge in [-0.1, -0.05) is 20.8 Å². The lowest BCUT2D eigenvalue weighted by Crippen LogP contribution is -2.10. The average Bonchev–Trinajstić information content (AvgIpc) is 2.58. The first kappa shape index (κ1) is 12.6. The predicted octanol–water partition coefficient (Wildman–Crippen LogP) is 3.18. The van der Waals surface area contributed by atoms with Gasteiger partial charge in [0, 0.05) is 6.07 Å². The van der Waals surface area contributed by atoms with E-state index in [0.29, 0.717) is 5.82 Å². The van der Waals surface area contributed by atoms with Crippen LogP contribution in [0, 0.1) is 11.2 Å². The van der Waals surface area contributed by atoms with E-state index in [1.807, 2.05) is 6.07 Å². The van der Waals surface area contributed by atoms with Crippen LogP contribution in [-0.4, -0.2) is 9.78 Å². The van der Waals surface area contributed by atoms with Crippen LogP contribution in [0.5, 0.6) is 0 Å². The molecule has 2 rings (SSSR count). The molecule has 0 aliphatic carbocycles. The van der Waals surface area contributed by atoms with Crippen molar-refractivity contribution in [3.63, 3.8) is 0 Å². The minimum Gasteiger partial charge on any atom is -0.384 e. The molecule has 1 heterocycles. The summed E-state index contributed by atoms with van der Waals surface area (Å²) in [4.78, 5) is 0. The molecule has 0 aliphatic rings. The first-order valence-electron chi connectivity index (χ1n) is 5.95. The summed E-state index contributed by atoms with van der Waals surface area (Å²) in [5.41, 5.74) is 7.82. The summed E-state index contributed by atoms with van der Waals surface area (Å²) < 4.78 is 14.5. The fraction of sp³-hybridized carbons (Fsp3) is 0.357. The Morgan fingerprint density at radius 3 is 2.39 bits per heavy atom. The smallest absolute Gasteiger partial charge is 0.127 e. The van der Waals surface area contributed by atoms with Crippen LogP contribution >= 0.6 is 0 Å². The molecule has 18 heavy (non-hydrogen) atoms. The largest absolute Gasteiger partial charge is 0.384 e. The Balaban J connectivity index is 2.32. The summed E-state index contributed by atoms with van der Waals surface area (Å²) in [6.45, 7) is 6.46. The number of aromatic nitrogens is 2. The number of halogens is 1. The van der Waals surface area contributed by atoms with Gasteiger partial charge in [0.15, 0.2) is 0 Å². The van der Waals surface area contributed by atoms with Crippen LogP contribution in [0.4, 0.5) is 10.2 Å². The van der Waals surface area contributed by atoms with E-state index in [-0.39, 0.29) is 11.2 Å². The zero-order valence-electron chi connectivity index (χ0n) is 10.9. The molecule has 1 aromatic heterocycles. The molecule has 2 aromatic rings. The zero-order chi connectivity index (χ0) is 13.3. The molecule has 0 saturated heterocycles. The molecule has 0 amide bonds. The molecule has 96 valence electrons. The second-order valence-electron chi connectivity index (χ2n) is 5.69. The van der Waals surface area contributed by atoms with Crippen LogP contribution in [0.2, 0.25) is 0 Å². The molecular weight excluding hydrogens is 229 g/mol. The van der Waals surface area contributed by atoms with Gasteiger partial charge in [-0.25, -0.2) is 9.07 Å². The third kappa shape index (κ3) is 2.88. The highest BCUT2D eigenvalue weighted by Crippen LogP contribution is 2.22. The van der Waals surface area contributed by atoms with E-state index in [1.54, 1.807) is 16.8 Å². The van der Waals surface area contributed by atoms with Crippen molar-refractivity contribution in [3.8, 4) is 5.69 Å². The van der Waals surface area contributed by atoms with Crippen LogP contribution in [0.3, 0.4) is 0 Å². The van der Waals surface area contributed by atoms with Gasteiger partial charge >= 0.3 is 0 Å². The second-order valence-corrected chi connectivity index (χ2v) is 5.69. The molecule has 0 radical (unpaired) electrons. The van der Waals surface area contributed by atoms with Gasteiger partial charge in [-0.15, -0.1) is 0 Å². The third-order valence-corrected chi connectivity index (χ3v) is 2.57. The molecule has 0 aliphatic heterocycles. The predicted molar refractivity (Wildman–Crippen MR) is 71.1 cm³/mol. The monoisotopic (exact) mass is 247 g/mol. The molecular formula is C14H18FN3. The molecule has 0 unspecified atom stereocenters. The van der Waals surface area contributed by atoms with Crippen molar-refractivity contribution in [2.45, 2.75) is 27.2 Å². The Labute approximate surface area is 106 Å². The fourth-order valence-electron chi connectivity index (χ4n) is 1.87. The van der Waals surface area contributed by atoms with Gasteiger partial charge in [0.05, 0.1) is 11.4 Å². The summed E-state index contributed by atoms with van der Waals surface area (Å²) in [6, 6.07) is 8.01. The standard InChI is InChI=1S/C14H18FN3/c1-14(2,3)9-11-8-13(16)18(17-11)12-6-4-10(15)5-7-12/h4-8H,9,16H2,1-3H3. The van der Waals surface area contributed by atoms with Gasteiger partial charge < -0.3 is 5.73 Å². The van der Waals surface area contributed by atoms with E-state index in [4.69, 9.17) is 5.73 Å². The van der Waals surface area contributed by atoms with Crippen molar-refractivity contribution in [3.05, 3.63) is 41.8 Å². The highest BCUT2D eigenvalue weighted by Gasteiger charge is 2.15. The Morgan fingerprint density at radius 1 is 1.22 bits per heavy atom. The van der Waals surface area contributed by atoms with Gasteiger partial charge in [0.2, 0.25) is 0 Å². The number of nitrogens with zero attached hydrogens (tertiary/aromatic N) is 2. The van der Waals surface area contributed by atoms with Gasteiger partial charge in [-0.3, -0.25) is 0 Å². The fourth-order valence-corrected chi connectivity index (χ4v) is 1.87. The lowest BCUT2D eigenvalue weighted by molar-refractivity contribution is 0.405. The SMILES string of the molecule is CC(C)(C)Cc1cc(N)n(-c2ccc(F)cc2)n1. The maximum atomic E-state index is 12.9. The van der Waals surface area contributed by atoms with Crippen molar-refractivity contribution < 1.29 is 4.39 Å². The first-order chi connectivity index (χ1) is 8.35. The number of benzene rings is 1. The van der Waals surface area contributed by atoms with Crippen molar-refractivity contribution >= 4 is 5.82 Å². The quantitative estimate of drug-likeness (QED) is 0.885. The maximum absolute atomic E-state index is 12.9. The van der Waals surface area contributed by atoms with E-state index in [0.717, 1.165) is 17.8 Å². The Bertz CT molecular complexity index is 535. The van der Waals surface area contributed by atoms with E-state index in [9.17, 15) is 4.39 Å². The lowest BCUT2D eigenvalue weighted by Gasteiger charge is -2.15. The molecule has 0 bridgehead atoms. The van der Waals surface area contributed by atoms with Crippen LogP contribution in [0.1, 0.15) is 26.5 Å². The van der Waals surface area contributed by atoms with E-state index in [1.165, 1.54) is 12.1 Å². The van der Waals surface area contributed by atoms with Crippen molar-refractivity contribution in [1.29, 1.82) is 0 Å². The number of anilines is 1. The number of hydrogen-bond donors (Lipinski definition) is 1. The van der Waals surface area contributed by atoms with Crippen LogP contribution < -0.4 is 5.73 Å². The molecule has 3 nitrogen and oxygen atoms in total. The van der Waals surface area contributed by atoms with Crippen molar-refractivity contribution in [1.82, 2.24) is 9.78 Å². The van der Waals surface area contributed by atoms with E-state index >= 15 is 0 Å². The minimum atomic E-state index is -0.264. The Kier molecular flexibility index (Phi) is 3.11. The summed E-state index contributed by atoms with van der Waals surface area (Å²) in [6.07, 6.45) is 0.853. The Hall–Kier alpha value is -1.84. The molecule has 0 fully saturated rings. The van der Waals surface area contributed by atoms with E-state index in [2.05, 4.69) is 25.9 Å².